The standard InChI is InChI=1S/C21H34O/c1-14-15(2)21-10-6-16(14)12-18(21)20(4)9-5-8-19(3,13-22)17(20)7-11-21/h13-18H,5-12H2,1-4H3. The molecule has 0 saturated heterocycles. The summed E-state index contributed by atoms with van der Waals surface area (Å²) in [6.45, 7) is 9.95. The molecule has 8 atom stereocenters. The molecule has 5 fully saturated rings. The second-order valence-corrected chi connectivity index (χ2v) is 10.0. The third-order valence-electron chi connectivity index (χ3n) is 9.64. The maximum Gasteiger partial charge on any atom is 0.126 e. The van der Waals surface area contributed by atoms with Gasteiger partial charge in [-0.3, -0.25) is 0 Å². The smallest absolute Gasteiger partial charge is 0.126 e. The van der Waals surface area contributed by atoms with Crippen LogP contribution in [-0.4, -0.2) is 6.29 Å². The van der Waals surface area contributed by atoms with Crippen LogP contribution in [0, 0.1) is 45.8 Å². The predicted octanol–water partition coefficient (Wildman–Crippen LogP) is 5.48. The topological polar surface area (TPSA) is 17.1 Å². The molecule has 1 heteroatoms. The Hall–Kier alpha value is -0.330. The Balaban J connectivity index is 1.76. The minimum Gasteiger partial charge on any atom is -0.303 e. The summed E-state index contributed by atoms with van der Waals surface area (Å²) in [4.78, 5) is 11.9. The fourth-order valence-electron chi connectivity index (χ4n) is 8.27. The fourth-order valence-corrected chi connectivity index (χ4v) is 8.27. The summed E-state index contributed by atoms with van der Waals surface area (Å²) in [6.07, 6.45) is 12.2. The van der Waals surface area contributed by atoms with E-state index in [1.165, 1.54) is 51.2 Å². The molecule has 5 saturated carbocycles. The van der Waals surface area contributed by atoms with Gasteiger partial charge in [0, 0.05) is 5.41 Å². The molecule has 22 heavy (non-hydrogen) atoms. The zero-order valence-electron chi connectivity index (χ0n) is 15.0. The Morgan fingerprint density at radius 2 is 1.68 bits per heavy atom. The Morgan fingerprint density at radius 1 is 0.955 bits per heavy atom. The van der Waals surface area contributed by atoms with E-state index in [0.29, 0.717) is 16.7 Å². The molecular formula is C21H34O. The molecule has 5 rings (SSSR count). The van der Waals surface area contributed by atoms with E-state index >= 15 is 0 Å². The summed E-state index contributed by atoms with van der Waals surface area (Å²) >= 11 is 0. The van der Waals surface area contributed by atoms with Crippen molar-refractivity contribution in [3.8, 4) is 0 Å². The number of carbonyl (C=O) groups excluding carboxylic acids is 1. The van der Waals surface area contributed by atoms with E-state index in [4.69, 9.17) is 0 Å². The Bertz CT molecular complexity index is 484. The summed E-state index contributed by atoms with van der Waals surface area (Å²) in [7, 11) is 0. The van der Waals surface area contributed by atoms with Gasteiger partial charge >= 0.3 is 0 Å². The highest BCUT2D eigenvalue weighted by Crippen LogP contribution is 2.73. The van der Waals surface area contributed by atoms with Crippen molar-refractivity contribution in [3.63, 3.8) is 0 Å². The van der Waals surface area contributed by atoms with Crippen LogP contribution < -0.4 is 0 Å². The van der Waals surface area contributed by atoms with Crippen molar-refractivity contribution in [2.75, 3.05) is 0 Å². The van der Waals surface area contributed by atoms with Crippen LogP contribution >= 0.6 is 0 Å². The van der Waals surface area contributed by atoms with Crippen LogP contribution in [0.3, 0.4) is 0 Å². The molecule has 0 aromatic rings. The van der Waals surface area contributed by atoms with Gasteiger partial charge in [-0.25, -0.2) is 0 Å². The van der Waals surface area contributed by atoms with Gasteiger partial charge < -0.3 is 4.79 Å². The molecule has 0 radical (unpaired) electrons. The third-order valence-corrected chi connectivity index (χ3v) is 9.64. The molecular weight excluding hydrogens is 268 g/mol. The van der Waals surface area contributed by atoms with Gasteiger partial charge in [0.2, 0.25) is 0 Å². The molecule has 0 N–H and O–H groups in total. The molecule has 0 aromatic heterocycles. The average molecular weight is 303 g/mol. The van der Waals surface area contributed by atoms with Crippen molar-refractivity contribution < 1.29 is 4.79 Å². The quantitative estimate of drug-likeness (QED) is 0.586. The number of rotatable bonds is 1. The van der Waals surface area contributed by atoms with E-state index in [1.807, 2.05) is 0 Å². The lowest BCUT2D eigenvalue weighted by Crippen LogP contribution is -2.63. The van der Waals surface area contributed by atoms with Crippen LogP contribution in [0.1, 0.15) is 79.1 Å². The van der Waals surface area contributed by atoms with Gasteiger partial charge in [-0.2, -0.15) is 0 Å². The average Bonchev–Trinajstić information content (AvgIpc) is 2.51. The zero-order valence-corrected chi connectivity index (χ0v) is 15.0. The molecule has 0 aromatic carbocycles. The highest BCUT2D eigenvalue weighted by Gasteiger charge is 2.66. The van der Waals surface area contributed by atoms with E-state index < -0.39 is 0 Å². The Morgan fingerprint density at radius 3 is 2.41 bits per heavy atom. The minimum atomic E-state index is -0.0415. The van der Waals surface area contributed by atoms with Crippen LogP contribution in [0.4, 0.5) is 0 Å². The van der Waals surface area contributed by atoms with E-state index in [1.54, 1.807) is 0 Å². The molecule has 8 unspecified atom stereocenters. The molecule has 1 spiro atoms. The Kier molecular flexibility index (Phi) is 3.18. The molecule has 0 aliphatic heterocycles. The fraction of sp³-hybridized carbons (Fsp3) is 0.952. The first-order valence-electron chi connectivity index (χ1n) is 9.84. The molecule has 5 aliphatic carbocycles. The normalized spacial score (nSPS) is 60.5. The monoisotopic (exact) mass is 302 g/mol. The largest absolute Gasteiger partial charge is 0.303 e. The number of hydrogen-bond donors (Lipinski definition) is 0. The second kappa shape index (κ2) is 4.61. The number of hydrogen-bond acceptors (Lipinski definition) is 1. The zero-order chi connectivity index (χ0) is 15.8. The number of aldehydes is 1. The molecule has 5 aliphatic rings. The van der Waals surface area contributed by atoms with Crippen LogP contribution in [0.25, 0.3) is 0 Å². The predicted molar refractivity (Wildman–Crippen MR) is 90.4 cm³/mol. The number of fused-ring (bicyclic) bond motifs is 3. The van der Waals surface area contributed by atoms with Crippen molar-refractivity contribution in [2.24, 2.45) is 45.8 Å². The number of carbonyl (C=O) groups is 1. The molecule has 0 amide bonds. The maximum absolute atomic E-state index is 11.9. The van der Waals surface area contributed by atoms with Crippen LogP contribution in [0.2, 0.25) is 0 Å². The maximum atomic E-state index is 11.9. The lowest BCUT2D eigenvalue weighted by molar-refractivity contribution is -0.214. The lowest BCUT2D eigenvalue weighted by atomic mass is 9.34. The second-order valence-electron chi connectivity index (χ2n) is 10.0. The van der Waals surface area contributed by atoms with Crippen LogP contribution in [0.5, 0.6) is 0 Å². The van der Waals surface area contributed by atoms with Crippen molar-refractivity contribution in [1.82, 2.24) is 0 Å². The van der Waals surface area contributed by atoms with Gasteiger partial charge in [0.1, 0.15) is 6.29 Å². The molecule has 2 bridgehead atoms. The first-order chi connectivity index (χ1) is 10.4. The highest BCUT2D eigenvalue weighted by atomic mass is 16.1. The van der Waals surface area contributed by atoms with Gasteiger partial charge in [-0.1, -0.05) is 34.1 Å². The van der Waals surface area contributed by atoms with Gasteiger partial charge in [0.15, 0.2) is 0 Å². The summed E-state index contributed by atoms with van der Waals surface area (Å²) in [6, 6.07) is 0. The third kappa shape index (κ3) is 1.64. The van der Waals surface area contributed by atoms with E-state index in [2.05, 4.69) is 27.7 Å². The first kappa shape index (κ1) is 15.2. The van der Waals surface area contributed by atoms with Gasteiger partial charge in [-0.15, -0.1) is 0 Å². The lowest BCUT2D eigenvalue weighted by Gasteiger charge is -2.70. The minimum absolute atomic E-state index is 0.0415. The first-order valence-corrected chi connectivity index (χ1v) is 9.84. The Labute approximate surface area is 136 Å². The summed E-state index contributed by atoms with van der Waals surface area (Å²) < 4.78 is 0. The van der Waals surface area contributed by atoms with Crippen molar-refractivity contribution in [3.05, 3.63) is 0 Å². The van der Waals surface area contributed by atoms with Gasteiger partial charge in [-0.05, 0) is 85.4 Å². The van der Waals surface area contributed by atoms with Crippen LogP contribution in [0.15, 0.2) is 0 Å². The van der Waals surface area contributed by atoms with Gasteiger partial charge in [0.25, 0.3) is 0 Å². The van der Waals surface area contributed by atoms with Crippen molar-refractivity contribution in [1.29, 1.82) is 0 Å². The van der Waals surface area contributed by atoms with E-state index in [-0.39, 0.29) is 5.41 Å². The highest BCUT2D eigenvalue weighted by molar-refractivity contribution is 5.60. The summed E-state index contributed by atoms with van der Waals surface area (Å²) in [5.41, 5.74) is 1.000. The van der Waals surface area contributed by atoms with E-state index in [9.17, 15) is 4.79 Å². The molecule has 1 nitrogen and oxygen atoms in total. The van der Waals surface area contributed by atoms with Crippen LogP contribution in [-0.2, 0) is 4.79 Å². The van der Waals surface area contributed by atoms with Crippen molar-refractivity contribution >= 4 is 6.29 Å². The SMILES string of the molecule is CC1C2CCC3(CCC4C(C)(C=O)CCCC4(C)C3C2)C1C. The van der Waals surface area contributed by atoms with Crippen molar-refractivity contribution in [2.45, 2.75) is 79.1 Å². The van der Waals surface area contributed by atoms with E-state index in [0.717, 1.165) is 30.1 Å². The van der Waals surface area contributed by atoms with Gasteiger partial charge in [0.05, 0.1) is 0 Å². The molecule has 124 valence electrons. The summed E-state index contributed by atoms with van der Waals surface area (Å²) in [5, 5.41) is 0. The molecule has 0 heterocycles. The summed E-state index contributed by atoms with van der Waals surface area (Å²) in [5.74, 6) is 4.31.